The van der Waals surface area contributed by atoms with Gasteiger partial charge < -0.3 is 19.4 Å². The number of hydrogen-bond donors (Lipinski definition) is 2. The number of fused-ring (bicyclic) bond motifs is 1. The maximum Gasteiger partial charge on any atom is 0.231 e. The number of nitrogens with zero attached hydrogens (tertiary/aromatic N) is 2. The first-order chi connectivity index (χ1) is 15.0. The van der Waals surface area contributed by atoms with Crippen LogP contribution in [-0.2, 0) is 23.2 Å². The van der Waals surface area contributed by atoms with Crippen molar-refractivity contribution in [3.8, 4) is 22.8 Å². The van der Waals surface area contributed by atoms with Crippen LogP contribution in [0.2, 0.25) is 0 Å². The predicted molar refractivity (Wildman–Crippen MR) is 111 cm³/mol. The molecule has 2 aromatic carbocycles. The SMILES string of the molecule is Cn1c(-c2ccc(F)cc2)cnc1NC(=O)CCC(=O)NCc1ccc2c(c1)OCO2. The molecule has 0 bridgehead atoms. The molecule has 0 radical (unpaired) electrons. The molecule has 2 N–H and O–H groups in total. The molecule has 31 heavy (non-hydrogen) atoms. The zero-order valence-corrected chi connectivity index (χ0v) is 16.9. The van der Waals surface area contributed by atoms with Crippen molar-refractivity contribution in [3.05, 3.63) is 60.0 Å². The van der Waals surface area contributed by atoms with E-state index in [2.05, 4.69) is 15.6 Å². The quantitative estimate of drug-likeness (QED) is 0.608. The van der Waals surface area contributed by atoms with E-state index in [1.807, 2.05) is 12.1 Å². The van der Waals surface area contributed by atoms with E-state index in [0.717, 1.165) is 16.8 Å². The van der Waals surface area contributed by atoms with Crippen LogP contribution in [0.5, 0.6) is 11.5 Å². The molecular weight excluding hydrogens is 403 g/mol. The minimum Gasteiger partial charge on any atom is -0.454 e. The highest BCUT2D eigenvalue weighted by Gasteiger charge is 2.15. The van der Waals surface area contributed by atoms with E-state index in [1.165, 1.54) is 12.1 Å². The molecule has 1 aliphatic rings. The number of imidazole rings is 1. The van der Waals surface area contributed by atoms with Crippen LogP contribution in [0.4, 0.5) is 10.3 Å². The minimum absolute atomic E-state index is 0.0196. The molecule has 0 saturated carbocycles. The van der Waals surface area contributed by atoms with Gasteiger partial charge in [0.15, 0.2) is 11.5 Å². The molecule has 8 nitrogen and oxygen atoms in total. The van der Waals surface area contributed by atoms with E-state index in [9.17, 15) is 14.0 Å². The molecule has 0 aliphatic carbocycles. The Morgan fingerprint density at radius 3 is 2.61 bits per heavy atom. The average Bonchev–Trinajstić information content (AvgIpc) is 3.38. The Morgan fingerprint density at radius 2 is 1.81 bits per heavy atom. The Morgan fingerprint density at radius 1 is 1.06 bits per heavy atom. The molecule has 2 amide bonds. The Labute approximate surface area is 178 Å². The van der Waals surface area contributed by atoms with Crippen LogP contribution >= 0.6 is 0 Å². The van der Waals surface area contributed by atoms with Crippen LogP contribution in [0.3, 0.4) is 0 Å². The van der Waals surface area contributed by atoms with Crippen molar-refractivity contribution in [3.63, 3.8) is 0 Å². The molecule has 0 spiro atoms. The van der Waals surface area contributed by atoms with E-state index in [-0.39, 0.29) is 37.3 Å². The summed E-state index contributed by atoms with van der Waals surface area (Å²) in [7, 11) is 1.75. The highest BCUT2D eigenvalue weighted by atomic mass is 19.1. The number of rotatable bonds is 7. The zero-order valence-electron chi connectivity index (χ0n) is 16.9. The van der Waals surface area contributed by atoms with Gasteiger partial charge >= 0.3 is 0 Å². The van der Waals surface area contributed by atoms with Crippen LogP contribution in [0, 0.1) is 5.82 Å². The number of aromatic nitrogens is 2. The van der Waals surface area contributed by atoms with Crippen LogP contribution in [-0.4, -0.2) is 28.2 Å². The van der Waals surface area contributed by atoms with Gasteiger partial charge in [-0.05, 0) is 42.0 Å². The van der Waals surface area contributed by atoms with Crippen molar-refractivity contribution < 1.29 is 23.5 Å². The first-order valence-corrected chi connectivity index (χ1v) is 9.72. The summed E-state index contributed by atoms with van der Waals surface area (Å²) in [4.78, 5) is 28.5. The van der Waals surface area contributed by atoms with Crippen molar-refractivity contribution >= 4 is 17.8 Å². The number of carbonyl (C=O) groups is 2. The van der Waals surface area contributed by atoms with E-state index < -0.39 is 0 Å². The Balaban J connectivity index is 1.25. The largest absolute Gasteiger partial charge is 0.454 e. The lowest BCUT2D eigenvalue weighted by molar-refractivity contribution is -0.124. The molecule has 4 rings (SSSR count). The minimum atomic E-state index is -0.323. The van der Waals surface area contributed by atoms with Crippen LogP contribution < -0.4 is 20.1 Å². The van der Waals surface area contributed by atoms with Crippen LogP contribution in [0.15, 0.2) is 48.7 Å². The van der Waals surface area contributed by atoms with Crippen LogP contribution in [0.1, 0.15) is 18.4 Å². The first-order valence-electron chi connectivity index (χ1n) is 9.72. The third kappa shape index (κ3) is 4.82. The fourth-order valence-corrected chi connectivity index (χ4v) is 3.17. The van der Waals surface area contributed by atoms with Crippen molar-refractivity contribution in [2.75, 3.05) is 12.1 Å². The normalized spacial score (nSPS) is 11.9. The van der Waals surface area contributed by atoms with Gasteiger partial charge in [-0.15, -0.1) is 0 Å². The van der Waals surface area contributed by atoms with Gasteiger partial charge in [-0.1, -0.05) is 6.07 Å². The number of amides is 2. The van der Waals surface area contributed by atoms with Crippen molar-refractivity contribution in [1.82, 2.24) is 14.9 Å². The summed E-state index contributed by atoms with van der Waals surface area (Å²) in [5, 5.41) is 5.48. The number of benzene rings is 2. The Kier molecular flexibility index (Phi) is 5.83. The predicted octanol–water partition coefficient (Wildman–Crippen LogP) is 2.99. The van der Waals surface area contributed by atoms with Crippen LogP contribution in [0.25, 0.3) is 11.3 Å². The molecule has 0 saturated heterocycles. The van der Waals surface area contributed by atoms with Gasteiger partial charge in [-0.2, -0.15) is 0 Å². The standard InChI is InChI=1S/C22H21FN4O4/c1-27-17(15-3-5-16(23)6-4-15)12-25-22(27)26-21(29)9-8-20(28)24-11-14-2-7-18-19(10-14)31-13-30-18/h2-7,10,12H,8-9,11,13H2,1H3,(H,24,28)(H,25,26,29). The second-order valence-electron chi connectivity index (χ2n) is 7.05. The Bertz CT molecular complexity index is 1110. The molecule has 1 aromatic heterocycles. The van der Waals surface area contributed by atoms with Gasteiger partial charge in [0.25, 0.3) is 0 Å². The topological polar surface area (TPSA) is 94.5 Å². The lowest BCUT2D eigenvalue weighted by Crippen LogP contribution is -2.24. The smallest absolute Gasteiger partial charge is 0.231 e. The summed E-state index contributed by atoms with van der Waals surface area (Å²) >= 11 is 0. The van der Waals surface area contributed by atoms with Crippen molar-refractivity contribution in [1.29, 1.82) is 0 Å². The number of halogens is 1. The molecule has 160 valence electrons. The second-order valence-corrected chi connectivity index (χ2v) is 7.05. The van der Waals surface area contributed by atoms with Gasteiger partial charge in [0.1, 0.15) is 5.82 Å². The number of ether oxygens (including phenoxy) is 2. The molecule has 3 aromatic rings. The Hall–Kier alpha value is -3.88. The van der Waals surface area contributed by atoms with E-state index in [4.69, 9.17) is 9.47 Å². The zero-order chi connectivity index (χ0) is 21.8. The van der Waals surface area contributed by atoms with Crippen molar-refractivity contribution in [2.24, 2.45) is 7.05 Å². The number of carbonyl (C=O) groups excluding carboxylic acids is 2. The molecule has 0 atom stereocenters. The maximum atomic E-state index is 13.1. The first kappa shape index (κ1) is 20.4. The third-order valence-electron chi connectivity index (χ3n) is 4.89. The van der Waals surface area contributed by atoms with Gasteiger partial charge in [0, 0.05) is 32.0 Å². The van der Waals surface area contributed by atoms with Gasteiger partial charge in [0.05, 0.1) is 11.9 Å². The van der Waals surface area contributed by atoms with E-state index in [0.29, 0.717) is 24.0 Å². The summed E-state index contributed by atoms with van der Waals surface area (Å²) in [6.07, 6.45) is 1.66. The van der Waals surface area contributed by atoms with Crippen molar-refractivity contribution in [2.45, 2.75) is 19.4 Å². The van der Waals surface area contributed by atoms with E-state index in [1.54, 1.807) is 36.0 Å². The summed E-state index contributed by atoms with van der Waals surface area (Å²) in [6, 6.07) is 11.5. The summed E-state index contributed by atoms with van der Waals surface area (Å²) < 4.78 is 25.4. The molecule has 1 aliphatic heterocycles. The number of anilines is 1. The lowest BCUT2D eigenvalue weighted by atomic mass is 10.2. The summed E-state index contributed by atoms with van der Waals surface area (Å²) in [6.45, 7) is 0.527. The summed E-state index contributed by atoms with van der Waals surface area (Å²) in [5.41, 5.74) is 2.39. The molecule has 0 fully saturated rings. The monoisotopic (exact) mass is 424 g/mol. The lowest BCUT2D eigenvalue weighted by Gasteiger charge is -2.08. The van der Waals surface area contributed by atoms with Gasteiger partial charge in [-0.25, -0.2) is 9.37 Å². The number of nitrogens with one attached hydrogen (secondary N) is 2. The highest BCUT2D eigenvalue weighted by molar-refractivity contribution is 5.92. The third-order valence-corrected chi connectivity index (χ3v) is 4.89. The fourth-order valence-electron chi connectivity index (χ4n) is 3.17. The average molecular weight is 424 g/mol. The van der Waals surface area contributed by atoms with Gasteiger partial charge in [-0.3, -0.25) is 14.9 Å². The summed E-state index contributed by atoms with van der Waals surface area (Å²) in [5.74, 6) is 0.809. The molecule has 9 heteroatoms. The van der Waals surface area contributed by atoms with Gasteiger partial charge in [0.2, 0.25) is 24.6 Å². The second kappa shape index (κ2) is 8.86. The molecule has 2 heterocycles. The van der Waals surface area contributed by atoms with E-state index >= 15 is 0 Å². The number of hydrogen-bond acceptors (Lipinski definition) is 5. The maximum absolute atomic E-state index is 13.1. The molecular formula is C22H21FN4O4. The molecule has 0 unspecified atom stereocenters. The fraction of sp³-hybridized carbons (Fsp3) is 0.227. The highest BCUT2D eigenvalue weighted by Crippen LogP contribution is 2.32.